The van der Waals surface area contributed by atoms with Crippen LogP contribution in [0.4, 0.5) is 23.0 Å². The van der Waals surface area contributed by atoms with Gasteiger partial charge in [0.15, 0.2) is 4.96 Å². The maximum absolute atomic E-state index is 12.7. The molecule has 0 unspecified atom stereocenters. The topological polar surface area (TPSA) is 110 Å². The molecule has 6 aromatic rings. The SMILES string of the molecule is O=C(Nc1cccc(-c2nc3sccn3c2-c2ccnc(Nc3ccc(N4CCOCC4)cc3)n2)c1)c1ccccn1. The second-order valence-corrected chi connectivity index (χ2v) is 10.5. The summed E-state index contributed by atoms with van der Waals surface area (Å²) in [5.41, 5.74) is 6.24. The number of morpholine rings is 1. The molecule has 11 heteroatoms. The van der Waals surface area contributed by atoms with Crippen LogP contribution in [0.15, 0.2) is 96.8 Å². The Labute approximate surface area is 245 Å². The Morgan fingerprint density at radius 2 is 1.76 bits per heavy atom. The first-order chi connectivity index (χ1) is 20.7. The molecule has 2 aromatic carbocycles. The molecule has 7 rings (SSSR count). The number of nitrogens with one attached hydrogen (secondary N) is 2. The third-order valence-electron chi connectivity index (χ3n) is 6.95. The zero-order valence-electron chi connectivity index (χ0n) is 22.5. The van der Waals surface area contributed by atoms with Gasteiger partial charge in [0.2, 0.25) is 5.95 Å². The smallest absolute Gasteiger partial charge is 0.274 e. The number of pyridine rings is 1. The van der Waals surface area contributed by atoms with Gasteiger partial charge in [-0.3, -0.25) is 14.2 Å². The molecule has 1 aliphatic heterocycles. The van der Waals surface area contributed by atoms with E-state index in [-0.39, 0.29) is 5.91 Å². The van der Waals surface area contributed by atoms with Crippen molar-refractivity contribution < 1.29 is 9.53 Å². The Hall–Kier alpha value is -5.13. The lowest BCUT2D eigenvalue weighted by Gasteiger charge is -2.28. The van der Waals surface area contributed by atoms with Crippen molar-refractivity contribution in [1.29, 1.82) is 0 Å². The van der Waals surface area contributed by atoms with Gasteiger partial charge in [0, 0.05) is 59.7 Å². The van der Waals surface area contributed by atoms with Crippen LogP contribution in [0.1, 0.15) is 10.5 Å². The average molecular weight is 575 g/mol. The predicted octanol–water partition coefficient (Wildman–Crippen LogP) is 5.75. The van der Waals surface area contributed by atoms with Crippen LogP contribution >= 0.6 is 11.3 Å². The molecular formula is C31H26N8O2S. The lowest BCUT2D eigenvalue weighted by molar-refractivity contribution is 0.102. The third kappa shape index (κ3) is 5.30. The highest BCUT2D eigenvalue weighted by Gasteiger charge is 2.19. The second-order valence-electron chi connectivity index (χ2n) is 9.65. The van der Waals surface area contributed by atoms with E-state index < -0.39 is 0 Å². The number of hydrogen-bond donors (Lipinski definition) is 2. The normalized spacial score (nSPS) is 13.3. The van der Waals surface area contributed by atoms with Crippen molar-refractivity contribution >= 4 is 45.2 Å². The van der Waals surface area contributed by atoms with Crippen molar-refractivity contribution in [2.45, 2.75) is 0 Å². The van der Waals surface area contributed by atoms with Gasteiger partial charge < -0.3 is 20.3 Å². The van der Waals surface area contributed by atoms with Gasteiger partial charge in [-0.25, -0.2) is 15.0 Å². The Kier molecular flexibility index (Phi) is 7.00. The molecule has 2 N–H and O–H groups in total. The maximum atomic E-state index is 12.7. The quantitative estimate of drug-likeness (QED) is 0.248. The summed E-state index contributed by atoms with van der Waals surface area (Å²) in [5, 5.41) is 8.27. The molecule has 0 atom stereocenters. The second kappa shape index (κ2) is 11.4. The average Bonchev–Trinajstić information content (AvgIpc) is 3.65. The zero-order valence-corrected chi connectivity index (χ0v) is 23.3. The van der Waals surface area contributed by atoms with Crippen molar-refractivity contribution in [2.75, 3.05) is 41.8 Å². The molecule has 0 saturated carbocycles. The summed E-state index contributed by atoms with van der Waals surface area (Å²) in [7, 11) is 0. The highest BCUT2D eigenvalue weighted by molar-refractivity contribution is 7.15. The minimum atomic E-state index is -0.275. The molecule has 0 bridgehead atoms. The number of aromatic nitrogens is 5. The number of anilines is 4. The number of nitrogens with zero attached hydrogens (tertiary/aromatic N) is 6. The van der Waals surface area contributed by atoms with E-state index in [0.29, 0.717) is 17.3 Å². The minimum absolute atomic E-state index is 0.275. The predicted molar refractivity (Wildman–Crippen MR) is 164 cm³/mol. The van der Waals surface area contributed by atoms with Gasteiger partial charge in [-0.15, -0.1) is 11.3 Å². The largest absolute Gasteiger partial charge is 0.378 e. The standard InChI is InChI=1S/C31H26N8O2S/c40-29(26-6-1-2-12-32-26)34-23-5-3-4-21(20-23)27-28(39-16-19-42-31(39)37-27)25-11-13-33-30(36-25)35-22-7-9-24(10-8-22)38-14-17-41-18-15-38/h1-13,16,19-20H,14-15,17-18H2,(H,34,40)(H,33,35,36). The van der Waals surface area contributed by atoms with Gasteiger partial charge in [-0.05, 0) is 54.6 Å². The van der Waals surface area contributed by atoms with Crippen LogP contribution in [0.5, 0.6) is 0 Å². The molecule has 5 heterocycles. The van der Waals surface area contributed by atoms with Gasteiger partial charge in [0.05, 0.1) is 24.6 Å². The van der Waals surface area contributed by atoms with Crippen LogP contribution in [0.2, 0.25) is 0 Å². The van der Waals surface area contributed by atoms with E-state index in [4.69, 9.17) is 14.7 Å². The number of carbonyl (C=O) groups excluding carboxylic acids is 1. The Morgan fingerprint density at radius 3 is 2.60 bits per heavy atom. The van der Waals surface area contributed by atoms with Crippen LogP contribution in [0, 0.1) is 0 Å². The minimum Gasteiger partial charge on any atom is -0.378 e. The maximum Gasteiger partial charge on any atom is 0.274 e. The van der Waals surface area contributed by atoms with Gasteiger partial charge >= 0.3 is 0 Å². The summed E-state index contributed by atoms with van der Waals surface area (Å²) >= 11 is 1.55. The molecule has 0 spiro atoms. The van der Waals surface area contributed by atoms with E-state index in [0.717, 1.165) is 59.6 Å². The van der Waals surface area contributed by atoms with E-state index >= 15 is 0 Å². The van der Waals surface area contributed by atoms with Crippen LogP contribution in [-0.2, 0) is 4.74 Å². The van der Waals surface area contributed by atoms with Crippen molar-refractivity contribution in [2.24, 2.45) is 0 Å². The van der Waals surface area contributed by atoms with E-state index in [1.807, 2.05) is 58.4 Å². The summed E-state index contributed by atoms with van der Waals surface area (Å²) < 4.78 is 7.50. The Morgan fingerprint density at radius 1 is 0.881 bits per heavy atom. The molecule has 4 aromatic heterocycles. The number of hydrogen-bond acceptors (Lipinski definition) is 9. The number of carbonyl (C=O) groups is 1. The van der Waals surface area contributed by atoms with Crippen molar-refractivity contribution in [3.8, 4) is 22.6 Å². The van der Waals surface area contributed by atoms with E-state index in [1.54, 1.807) is 41.9 Å². The van der Waals surface area contributed by atoms with Gasteiger partial charge in [-0.1, -0.05) is 18.2 Å². The molecule has 0 radical (unpaired) electrons. The molecule has 208 valence electrons. The fourth-order valence-electron chi connectivity index (χ4n) is 4.93. The van der Waals surface area contributed by atoms with Gasteiger partial charge in [0.25, 0.3) is 5.91 Å². The van der Waals surface area contributed by atoms with Crippen molar-refractivity contribution in [3.63, 3.8) is 0 Å². The molecule has 1 saturated heterocycles. The molecule has 42 heavy (non-hydrogen) atoms. The highest BCUT2D eigenvalue weighted by Crippen LogP contribution is 2.35. The zero-order chi connectivity index (χ0) is 28.3. The number of thiazole rings is 1. The number of fused-ring (bicyclic) bond motifs is 1. The Balaban J connectivity index is 1.17. The summed E-state index contributed by atoms with van der Waals surface area (Å²) in [6.45, 7) is 3.28. The first-order valence-corrected chi connectivity index (χ1v) is 14.4. The van der Waals surface area contributed by atoms with E-state index in [2.05, 4.69) is 37.6 Å². The molecular weight excluding hydrogens is 548 g/mol. The van der Waals surface area contributed by atoms with Crippen LogP contribution in [0.25, 0.3) is 27.6 Å². The Bertz CT molecular complexity index is 1850. The fourth-order valence-corrected chi connectivity index (χ4v) is 5.64. The molecule has 1 amide bonds. The first kappa shape index (κ1) is 25.8. The number of imidazole rings is 1. The molecule has 1 aliphatic rings. The summed E-state index contributed by atoms with van der Waals surface area (Å²) in [4.78, 5) is 34.3. The number of amides is 1. The van der Waals surface area contributed by atoms with Gasteiger partial charge in [-0.2, -0.15) is 0 Å². The molecule has 1 fully saturated rings. The van der Waals surface area contributed by atoms with Crippen LogP contribution in [0.3, 0.4) is 0 Å². The van der Waals surface area contributed by atoms with Crippen LogP contribution in [-0.4, -0.2) is 56.5 Å². The summed E-state index contributed by atoms with van der Waals surface area (Å²) in [6, 6.07) is 23.0. The molecule has 10 nitrogen and oxygen atoms in total. The molecule has 0 aliphatic carbocycles. The first-order valence-electron chi connectivity index (χ1n) is 13.5. The van der Waals surface area contributed by atoms with E-state index in [9.17, 15) is 4.79 Å². The van der Waals surface area contributed by atoms with Crippen molar-refractivity contribution in [1.82, 2.24) is 24.3 Å². The number of rotatable bonds is 7. The fraction of sp³-hybridized carbons (Fsp3) is 0.129. The van der Waals surface area contributed by atoms with Gasteiger partial charge in [0.1, 0.15) is 11.4 Å². The number of ether oxygens (including phenoxy) is 1. The summed E-state index contributed by atoms with van der Waals surface area (Å²) in [6.07, 6.45) is 5.32. The third-order valence-corrected chi connectivity index (χ3v) is 7.71. The lowest BCUT2D eigenvalue weighted by atomic mass is 10.1. The summed E-state index contributed by atoms with van der Waals surface area (Å²) in [5.74, 6) is 0.211. The van der Waals surface area contributed by atoms with E-state index in [1.165, 1.54) is 5.69 Å². The lowest BCUT2D eigenvalue weighted by Crippen LogP contribution is -2.36. The number of benzene rings is 2. The van der Waals surface area contributed by atoms with Crippen molar-refractivity contribution in [3.05, 3.63) is 102 Å². The highest BCUT2D eigenvalue weighted by atomic mass is 32.1. The van der Waals surface area contributed by atoms with Crippen LogP contribution < -0.4 is 15.5 Å². The monoisotopic (exact) mass is 574 g/mol.